The molecule has 5 rings (SSSR count). The minimum absolute atomic E-state index is 0.163. The number of carbonyl (C=O) groups is 1. The lowest BCUT2D eigenvalue weighted by atomic mass is 10.1. The first-order chi connectivity index (χ1) is 14.8. The Morgan fingerprint density at radius 1 is 1.00 bits per heavy atom. The van der Waals surface area contributed by atoms with Crippen molar-refractivity contribution < 1.29 is 9.53 Å². The van der Waals surface area contributed by atoms with Crippen molar-refractivity contribution in [3.63, 3.8) is 0 Å². The van der Waals surface area contributed by atoms with E-state index in [4.69, 9.17) is 9.72 Å². The van der Waals surface area contributed by atoms with Crippen molar-refractivity contribution in [3.05, 3.63) is 95.9 Å². The van der Waals surface area contributed by atoms with Crippen LogP contribution in [0.5, 0.6) is 5.75 Å². The highest BCUT2D eigenvalue weighted by molar-refractivity contribution is 6.12. The predicted molar refractivity (Wildman–Crippen MR) is 117 cm³/mol. The molecular formula is C25H21N3O2. The molecule has 0 unspecified atom stereocenters. The molecule has 5 heteroatoms. The number of hydrogen-bond donors (Lipinski definition) is 1. The maximum Gasteiger partial charge on any atom is 0.256 e. The number of amides is 1. The maximum atomic E-state index is 13.2. The zero-order chi connectivity index (χ0) is 20.3. The Balaban J connectivity index is 1.42. The lowest BCUT2D eigenvalue weighted by Gasteiger charge is -2.14. The van der Waals surface area contributed by atoms with E-state index in [0.717, 1.165) is 35.1 Å². The van der Waals surface area contributed by atoms with Gasteiger partial charge in [0.15, 0.2) is 0 Å². The van der Waals surface area contributed by atoms with E-state index in [1.165, 1.54) is 0 Å². The van der Waals surface area contributed by atoms with Crippen LogP contribution < -0.4 is 10.1 Å². The van der Waals surface area contributed by atoms with Gasteiger partial charge in [-0.1, -0.05) is 36.4 Å². The third-order valence-electron chi connectivity index (χ3n) is 5.21. The first kappa shape index (κ1) is 18.3. The summed E-state index contributed by atoms with van der Waals surface area (Å²) in [5.41, 5.74) is 3.95. The summed E-state index contributed by atoms with van der Waals surface area (Å²) in [5, 5.41) is 3.88. The summed E-state index contributed by atoms with van der Waals surface area (Å²) in [4.78, 5) is 22.3. The van der Waals surface area contributed by atoms with Crippen LogP contribution in [0.25, 0.3) is 10.9 Å². The smallest absolute Gasteiger partial charge is 0.256 e. The molecule has 2 heterocycles. The summed E-state index contributed by atoms with van der Waals surface area (Å²) in [6, 6.07) is 22.9. The van der Waals surface area contributed by atoms with E-state index >= 15 is 0 Å². The average Bonchev–Trinajstić information content (AvgIpc) is 3.64. The molecule has 1 aliphatic rings. The number of nitrogens with zero attached hydrogens (tertiary/aromatic N) is 2. The molecule has 0 radical (unpaired) electrons. The van der Waals surface area contributed by atoms with Gasteiger partial charge < -0.3 is 10.1 Å². The number of nitrogens with one attached hydrogen (secondary N) is 1. The van der Waals surface area contributed by atoms with Crippen molar-refractivity contribution in [2.24, 2.45) is 0 Å². The molecule has 0 saturated heterocycles. The monoisotopic (exact) mass is 395 g/mol. The standard InChI is InChI=1S/C25H21N3O2/c29-25(20-15-23(17-12-13-17)27-21-9-2-1-8-19(20)21)28-22-10-3-4-11-24(22)30-16-18-7-5-6-14-26-18/h1-11,14-15,17H,12-13,16H2,(H,28,29). The fourth-order valence-electron chi connectivity index (χ4n) is 3.49. The zero-order valence-corrected chi connectivity index (χ0v) is 16.4. The van der Waals surface area contributed by atoms with E-state index in [0.29, 0.717) is 29.5 Å². The van der Waals surface area contributed by atoms with E-state index in [1.54, 1.807) is 6.20 Å². The van der Waals surface area contributed by atoms with E-state index in [9.17, 15) is 4.79 Å². The lowest BCUT2D eigenvalue weighted by molar-refractivity contribution is 0.102. The number of pyridine rings is 2. The number of rotatable bonds is 6. The molecule has 1 N–H and O–H groups in total. The molecule has 0 atom stereocenters. The number of fused-ring (bicyclic) bond motifs is 1. The van der Waals surface area contributed by atoms with Gasteiger partial charge in [0.2, 0.25) is 0 Å². The fraction of sp³-hybridized carbons (Fsp3) is 0.160. The second-order valence-electron chi connectivity index (χ2n) is 7.45. The van der Waals surface area contributed by atoms with Crippen LogP contribution in [-0.2, 0) is 6.61 Å². The van der Waals surface area contributed by atoms with Gasteiger partial charge in [-0.25, -0.2) is 0 Å². The van der Waals surface area contributed by atoms with E-state index in [1.807, 2.05) is 72.8 Å². The average molecular weight is 395 g/mol. The number of anilines is 1. The van der Waals surface area contributed by atoms with E-state index in [2.05, 4.69) is 10.3 Å². The first-order valence-electron chi connectivity index (χ1n) is 10.1. The lowest BCUT2D eigenvalue weighted by Crippen LogP contribution is -2.14. The van der Waals surface area contributed by atoms with Crippen LogP contribution in [0.2, 0.25) is 0 Å². The molecule has 1 saturated carbocycles. The molecule has 2 aromatic heterocycles. The van der Waals surface area contributed by atoms with Gasteiger partial charge in [-0.2, -0.15) is 0 Å². The molecule has 30 heavy (non-hydrogen) atoms. The maximum absolute atomic E-state index is 13.2. The van der Waals surface area contributed by atoms with E-state index < -0.39 is 0 Å². The van der Waals surface area contributed by atoms with E-state index in [-0.39, 0.29) is 5.91 Å². The van der Waals surface area contributed by atoms with Crippen molar-refractivity contribution in [1.29, 1.82) is 0 Å². The van der Waals surface area contributed by atoms with Crippen LogP contribution >= 0.6 is 0 Å². The van der Waals surface area contributed by atoms with Crippen molar-refractivity contribution in [2.75, 3.05) is 5.32 Å². The van der Waals surface area contributed by atoms with Crippen LogP contribution in [0.4, 0.5) is 5.69 Å². The first-order valence-corrected chi connectivity index (χ1v) is 10.1. The highest BCUT2D eigenvalue weighted by atomic mass is 16.5. The van der Waals surface area contributed by atoms with Gasteiger partial charge in [0, 0.05) is 23.2 Å². The molecule has 1 aliphatic carbocycles. The Kier molecular flexibility index (Phi) is 4.85. The van der Waals surface area contributed by atoms with Crippen molar-refractivity contribution in [3.8, 4) is 5.75 Å². The van der Waals surface area contributed by atoms with Gasteiger partial charge in [-0.15, -0.1) is 0 Å². The third kappa shape index (κ3) is 3.87. The summed E-state index contributed by atoms with van der Waals surface area (Å²) in [7, 11) is 0. The largest absolute Gasteiger partial charge is 0.485 e. The summed E-state index contributed by atoms with van der Waals surface area (Å²) in [6.07, 6.45) is 4.01. The van der Waals surface area contributed by atoms with Crippen molar-refractivity contribution in [1.82, 2.24) is 9.97 Å². The summed E-state index contributed by atoms with van der Waals surface area (Å²) in [5.74, 6) is 0.914. The van der Waals surface area contributed by atoms with Gasteiger partial charge in [-0.3, -0.25) is 14.8 Å². The van der Waals surface area contributed by atoms with Crippen LogP contribution in [0.3, 0.4) is 0 Å². The van der Waals surface area contributed by atoms with Gasteiger partial charge in [0.1, 0.15) is 12.4 Å². The SMILES string of the molecule is O=C(Nc1ccccc1OCc1ccccn1)c1cc(C2CC2)nc2ccccc12. The molecule has 0 aliphatic heterocycles. The minimum Gasteiger partial charge on any atom is -0.485 e. The number of carbonyl (C=O) groups excluding carboxylic acids is 1. The zero-order valence-electron chi connectivity index (χ0n) is 16.4. The third-order valence-corrected chi connectivity index (χ3v) is 5.21. The number of para-hydroxylation sites is 3. The predicted octanol–water partition coefficient (Wildman–Crippen LogP) is 5.34. The summed E-state index contributed by atoms with van der Waals surface area (Å²) in [6.45, 7) is 0.331. The molecule has 5 nitrogen and oxygen atoms in total. The Morgan fingerprint density at radius 2 is 1.80 bits per heavy atom. The molecule has 4 aromatic rings. The van der Waals surface area contributed by atoms with Crippen LogP contribution in [0.1, 0.15) is 40.5 Å². The molecule has 148 valence electrons. The molecule has 2 aromatic carbocycles. The Hall–Kier alpha value is -3.73. The topological polar surface area (TPSA) is 64.1 Å². The summed E-state index contributed by atoms with van der Waals surface area (Å²) < 4.78 is 5.93. The van der Waals surface area contributed by atoms with Gasteiger partial charge in [0.05, 0.1) is 22.5 Å². The van der Waals surface area contributed by atoms with Crippen LogP contribution in [-0.4, -0.2) is 15.9 Å². The number of hydrogen-bond acceptors (Lipinski definition) is 4. The van der Waals surface area contributed by atoms with Crippen LogP contribution in [0, 0.1) is 0 Å². The fourth-order valence-corrected chi connectivity index (χ4v) is 3.49. The normalized spacial score (nSPS) is 13.2. The van der Waals surface area contributed by atoms with Crippen molar-refractivity contribution in [2.45, 2.75) is 25.4 Å². The van der Waals surface area contributed by atoms with Crippen molar-refractivity contribution >= 4 is 22.5 Å². The Labute approximate surface area is 174 Å². The second kappa shape index (κ2) is 7.95. The summed E-state index contributed by atoms with van der Waals surface area (Å²) >= 11 is 0. The number of aromatic nitrogens is 2. The molecule has 1 fully saturated rings. The second-order valence-corrected chi connectivity index (χ2v) is 7.45. The molecule has 1 amide bonds. The van der Waals surface area contributed by atoms with Gasteiger partial charge >= 0.3 is 0 Å². The molecule has 0 bridgehead atoms. The highest BCUT2D eigenvalue weighted by Gasteiger charge is 2.27. The Bertz CT molecular complexity index is 1200. The number of benzene rings is 2. The van der Waals surface area contributed by atoms with Crippen LogP contribution in [0.15, 0.2) is 79.0 Å². The van der Waals surface area contributed by atoms with Gasteiger partial charge in [0.25, 0.3) is 5.91 Å². The quantitative estimate of drug-likeness (QED) is 0.479. The Morgan fingerprint density at radius 3 is 2.63 bits per heavy atom. The minimum atomic E-state index is -0.163. The number of ether oxygens (including phenoxy) is 1. The van der Waals surface area contributed by atoms with Gasteiger partial charge in [-0.05, 0) is 49.2 Å². The highest BCUT2D eigenvalue weighted by Crippen LogP contribution is 2.40. The molecular weight excluding hydrogens is 374 g/mol. The molecule has 0 spiro atoms.